The number of nitrogens with two attached hydrogens (primary N) is 1. The zero-order valence-corrected chi connectivity index (χ0v) is 11.7. The van der Waals surface area contributed by atoms with Gasteiger partial charge in [-0.15, -0.1) is 0 Å². The number of aromatic nitrogens is 2. The summed E-state index contributed by atoms with van der Waals surface area (Å²) in [7, 11) is 0. The Kier molecular flexibility index (Phi) is 4.20. The number of rotatable bonds is 3. The lowest BCUT2D eigenvalue weighted by Crippen LogP contribution is -2.21. The van der Waals surface area contributed by atoms with Crippen molar-refractivity contribution >= 4 is 27.7 Å². The maximum Gasteiger partial charge on any atom is 0.221 e. The van der Waals surface area contributed by atoms with Crippen molar-refractivity contribution < 1.29 is 0 Å². The van der Waals surface area contributed by atoms with Crippen LogP contribution >= 0.6 is 15.9 Å². The summed E-state index contributed by atoms with van der Waals surface area (Å²) in [5, 5.41) is 3.37. The summed E-state index contributed by atoms with van der Waals surface area (Å²) >= 11 is 3.42. The van der Waals surface area contributed by atoms with E-state index in [9.17, 15) is 0 Å². The van der Waals surface area contributed by atoms with Crippen molar-refractivity contribution in [2.45, 2.75) is 32.6 Å². The molecule has 0 aliphatic heterocycles. The lowest BCUT2D eigenvalue weighted by atomic mass is 9.82. The monoisotopic (exact) mass is 298 g/mol. The van der Waals surface area contributed by atoms with Gasteiger partial charge in [0.25, 0.3) is 0 Å². The molecule has 94 valence electrons. The Labute approximate surface area is 111 Å². The van der Waals surface area contributed by atoms with Gasteiger partial charge in [-0.2, -0.15) is 4.98 Å². The van der Waals surface area contributed by atoms with E-state index in [1.807, 2.05) is 0 Å². The first kappa shape index (κ1) is 12.6. The fourth-order valence-electron chi connectivity index (χ4n) is 2.49. The fourth-order valence-corrected chi connectivity index (χ4v) is 2.82. The maximum atomic E-state index is 5.58. The minimum absolute atomic E-state index is 0.313. The van der Waals surface area contributed by atoms with Crippen LogP contribution < -0.4 is 11.1 Å². The number of anilines is 2. The maximum absolute atomic E-state index is 5.58. The molecule has 0 saturated heterocycles. The summed E-state index contributed by atoms with van der Waals surface area (Å²) in [4.78, 5) is 8.11. The van der Waals surface area contributed by atoms with Crippen LogP contribution in [0.3, 0.4) is 0 Å². The van der Waals surface area contributed by atoms with Gasteiger partial charge in [-0.05, 0) is 40.6 Å². The summed E-state index contributed by atoms with van der Waals surface area (Å²) in [5.41, 5.74) is 5.58. The molecular weight excluding hydrogens is 280 g/mol. The molecule has 2 rings (SSSR count). The standard InChI is InChI=1S/C12H19BrN4/c1-8-3-2-4-9(5-8)6-15-11-10(13)7-16-12(14)17-11/h7-9H,2-6H2,1H3,(H3,14,15,16,17). The molecule has 1 heterocycles. The van der Waals surface area contributed by atoms with Gasteiger partial charge >= 0.3 is 0 Å². The first-order valence-corrected chi connectivity index (χ1v) is 6.96. The average molecular weight is 299 g/mol. The van der Waals surface area contributed by atoms with Crippen LogP contribution in [0.25, 0.3) is 0 Å². The molecule has 17 heavy (non-hydrogen) atoms. The summed E-state index contributed by atoms with van der Waals surface area (Å²) < 4.78 is 0.871. The second kappa shape index (κ2) is 5.67. The molecule has 1 aromatic rings. The van der Waals surface area contributed by atoms with Gasteiger partial charge < -0.3 is 11.1 Å². The van der Waals surface area contributed by atoms with Gasteiger partial charge in [-0.25, -0.2) is 4.98 Å². The van der Waals surface area contributed by atoms with Gasteiger partial charge in [-0.1, -0.05) is 19.8 Å². The molecule has 0 spiro atoms. The van der Waals surface area contributed by atoms with Gasteiger partial charge in [0.2, 0.25) is 5.95 Å². The van der Waals surface area contributed by atoms with Gasteiger partial charge in [-0.3, -0.25) is 0 Å². The van der Waals surface area contributed by atoms with Crippen LogP contribution in [-0.4, -0.2) is 16.5 Å². The van der Waals surface area contributed by atoms with Crippen LogP contribution in [0.2, 0.25) is 0 Å². The highest BCUT2D eigenvalue weighted by atomic mass is 79.9. The molecule has 2 atom stereocenters. The summed E-state index contributed by atoms with van der Waals surface area (Å²) in [6, 6.07) is 0. The molecule has 0 aromatic carbocycles. The third-order valence-corrected chi connectivity index (χ3v) is 3.95. The summed E-state index contributed by atoms with van der Waals surface area (Å²) in [6.45, 7) is 3.31. The zero-order chi connectivity index (χ0) is 12.3. The second-order valence-electron chi connectivity index (χ2n) is 4.94. The first-order valence-electron chi connectivity index (χ1n) is 6.17. The van der Waals surface area contributed by atoms with E-state index in [4.69, 9.17) is 5.73 Å². The molecule has 3 N–H and O–H groups in total. The SMILES string of the molecule is CC1CCCC(CNc2nc(N)ncc2Br)C1. The minimum atomic E-state index is 0.313. The smallest absolute Gasteiger partial charge is 0.221 e. The third kappa shape index (κ3) is 3.56. The van der Waals surface area contributed by atoms with Crippen LogP contribution in [0.5, 0.6) is 0 Å². The Hall–Kier alpha value is -0.840. The Bertz CT molecular complexity index is 383. The topological polar surface area (TPSA) is 63.8 Å². The lowest BCUT2D eigenvalue weighted by Gasteiger charge is -2.27. The summed E-state index contributed by atoms with van der Waals surface area (Å²) in [5.74, 6) is 2.72. The highest BCUT2D eigenvalue weighted by molar-refractivity contribution is 9.10. The molecule has 1 aliphatic rings. The Balaban J connectivity index is 1.90. The Morgan fingerprint density at radius 1 is 1.53 bits per heavy atom. The van der Waals surface area contributed by atoms with Crippen molar-refractivity contribution in [3.63, 3.8) is 0 Å². The zero-order valence-electron chi connectivity index (χ0n) is 10.1. The van der Waals surface area contributed by atoms with E-state index < -0.39 is 0 Å². The van der Waals surface area contributed by atoms with Gasteiger partial charge in [0.1, 0.15) is 5.82 Å². The van der Waals surface area contributed by atoms with E-state index in [0.29, 0.717) is 5.95 Å². The first-order chi connectivity index (χ1) is 8.15. The molecule has 5 heteroatoms. The molecule has 2 unspecified atom stereocenters. The van der Waals surface area contributed by atoms with Crippen molar-refractivity contribution in [2.75, 3.05) is 17.6 Å². The predicted octanol–water partition coefficient (Wildman–Crippen LogP) is 3.06. The van der Waals surface area contributed by atoms with Crippen LogP contribution in [0.4, 0.5) is 11.8 Å². The summed E-state index contributed by atoms with van der Waals surface area (Å²) in [6.07, 6.45) is 7.04. The second-order valence-corrected chi connectivity index (χ2v) is 5.80. The molecule has 1 fully saturated rings. The van der Waals surface area contributed by atoms with Crippen molar-refractivity contribution in [1.82, 2.24) is 9.97 Å². The molecule has 0 radical (unpaired) electrons. The number of nitrogens with zero attached hydrogens (tertiary/aromatic N) is 2. The average Bonchev–Trinajstić information content (AvgIpc) is 2.30. The van der Waals surface area contributed by atoms with E-state index >= 15 is 0 Å². The Morgan fingerprint density at radius 3 is 3.12 bits per heavy atom. The number of hydrogen-bond acceptors (Lipinski definition) is 4. The van der Waals surface area contributed by atoms with Gasteiger partial charge in [0.05, 0.1) is 4.47 Å². The largest absolute Gasteiger partial charge is 0.369 e. The van der Waals surface area contributed by atoms with Crippen LogP contribution in [0.1, 0.15) is 32.6 Å². The van der Waals surface area contributed by atoms with E-state index in [0.717, 1.165) is 28.7 Å². The quantitative estimate of drug-likeness (QED) is 0.900. The van der Waals surface area contributed by atoms with Crippen LogP contribution in [0, 0.1) is 11.8 Å². The van der Waals surface area contributed by atoms with Crippen molar-refractivity contribution in [3.05, 3.63) is 10.7 Å². The molecule has 0 bridgehead atoms. The van der Waals surface area contributed by atoms with Crippen LogP contribution in [-0.2, 0) is 0 Å². The van der Waals surface area contributed by atoms with Gasteiger partial charge in [0, 0.05) is 12.7 Å². The van der Waals surface area contributed by atoms with E-state index in [1.54, 1.807) is 6.20 Å². The Morgan fingerprint density at radius 2 is 2.35 bits per heavy atom. The molecule has 4 nitrogen and oxygen atoms in total. The predicted molar refractivity (Wildman–Crippen MR) is 73.8 cm³/mol. The molecular formula is C12H19BrN4. The van der Waals surface area contributed by atoms with Crippen molar-refractivity contribution in [1.29, 1.82) is 0 Å². The van der Waals surface area contributed by atoms with E-state index in [2.05, 4.69) is 38.1 Å². The third-order valence-electron chi connectivity index (χ3n) is 3.37. The minimum Gasteiger partial charge on any atom is -0.369 e. The highest BCUT2D eigenvalue weighted by Gasteiger charge is 2.18. The van der Waals surface area contributed by atoms with Gasteiger partial charge in [0.15, 0.2) is 0 Å². The highest BCUT2D eigenvalue weighted by Crippen LogP contribution is 2.29. The number of halogens is 1. The normalized spacial score (nSPS) is 24.6. The molecule has 0 amide bonds. The van der Waals surface area contributed by atoms with Crippen molar-refractivity contribution in [2.24, 2.45) is 11.8 Å². The van der Waals surface area contributed by atoms with Crippen molar-refractivity contribution in [3.8, 4) is 0 Å². The van der Waals surface area contributed by atoms with Crippen LogP contribution in [0.15, 0.2) is 10.7 Å². The number of nitrogen functional groups attached to an aromatic ring is 1. The number of nitrogens with one attached hydrogen (secondary N) is 1. The van der Waals surface area contributed by atoms with E-state index in [1.165, 1.54) is 25.7 Å². The molecule has 1 aliphatic carbocycles. The van der Waals surface area contributed by atoms with E-state index in [-0.39, 0.29) is 0 Å². The lowest BCUT2D eigenvalue weighted by molar-refractivity contribution is 0.293. The fraction of sp³-hybridized carbons (Fsp3) is 0.667. The molecule has 1 aromatic heterocycles. The number of hydrogen-bond donors (Lipinski definition) is 2. The molecule has 1 saturated carbocycles.